The average molecular weight is 406 g/mol. The van der Waals surface area contributed by atoms with Crippen LogP contribution in [0.25, 0.3) is 0 Å². The van der Waals surface area contributed by atoms with E-state index in [0.29, 0.717) is 30.9 Å². The molecule has 0 unspecified atom stereocenters. The number of anilines is 1. The second-order valence-electron chi connectivity index (χ2n) is 6.56. The van der Waals surface area contributed by atoms with Crippen LogP contribution in [0.2, 0.25) is 0 Å². The van der Waals surface area contributed by atoms with Crippen molar-refractivity contribution in [3.8, 4) is 5.75 Å². The summed E-state index contributed by atoms with van der Waals surface area (Å²) >= 11 is 0. The number of carbonyl (C=O) groups is 1. The van der Waals surface area contributed by atoms with Crippen molar-refractivity contribution >= 4 is 21.6 Å². The van der Waals surface area contributed by atoms with Gasteiger partial charge in [-0.05, 0) is 55.7 Å². The summed E-state index contributed by atoms with van der Waals surface area (Å²) in [6, 6.07) is 10.4. The fourth-order valence-electron chi connectivity index (χ4n) is 3.17. The molecule has 150 valence electrons. The molecule has 0 saturated carbocycles. The number of nitrogens with one attached hydrogen (secondary N) is 1. The van der Waals surface area contributed by atoms with Crippen LogP contribution in [0.1, 0.15) is 25.3 Å². The molecule has 3 rings (SSSR count). The van der Waals surface area contributed by atoms with E-state index in [1.54, 1.807) is 25.1 Å². The fraction of sp³-hybridized carbons (Fsp3) is 0.350. The third-order valence-corrected chi connectivity index (χ3v) is 6.38. The molecule has 0 atom stereocenters. The normalized spacial score (nSPS) is 14.8. The second kappa shape index (κ2) is 8.70. The molecule has 0 aliphatic carbocycles. The molecular formula is C20H23FN2O4S. The third-order valence-electron chi connectivity index (χ3n) is 4.46. The highest BCUT2D eigenvalue weighted by Crippen LogP contribution is 2.31. The molecule has 1 N–H and O–H groups in total. The average Bonchev–Trinajstić information content (AvgIpc) is 3.18. The van der Waals surface area contributed by atoms with Gasteiger partial charge in [0.15, 0.2) is 0 Å². The Morgan fingerprint density at radius 2 is 1.93 bits per heavy atom. The van der Waals surface area contributed by atoms with Gasteiger partial charge in [-0.25, -0.2) is 12.8 Å². The number of benzene rings is 2. The van der Waals surface area contributed by atoms with Crippen LogP contribution >= 0.6 is 0 Å². The molecule has 2 aromatic carbocycles. The van der Waals surface area contributed by atoms with Gasteiger partial charge in [0.1, 0.15) is 16.5 Å². The number of ether oxygens (including phenoxy) is 1. The maximum absolute atomic E-state index is 13.3. The van der Waals surface area contributed by atoms with Crippen LogP contribution in [-0.2, 0) is 21.2 Å². The van der Waals surface area contributed by atoms with Crippen molar-refractivity contribution in [1.82, 2.24) is 4.31 Å². The standard InChI is InChI=1S/C20H23FN2O4S/c1-2-27-18-9-8-17(14-19(18)28(25,26)23-10-3-4-11-23)22-20(24)13-15-6-5-7-16(21)12-15/h5-9,12,14H,2-4,10-11,13H2,1H3,(H,22,24). The minimum Gasteiger partial charge on any atom is -0.492 e. The minimum atomic E-state index is -3.71. The number of sulfonamides is 1. The van der Waals surface area contributed by atoms with Crippen molar-refractivity contribution in [2.75, 3.05) is 25.0 Å². The number of amides is 1. The Kier molecular flexibility index (Phi) is 6.31. The Morgan fingerprint density at radius 1 is 1.18 bits per heavy atom. The summed E-state index contributed by atoms with van der Waals surface area (Å²) in [6.45, 7) is 3.06. The van der Waals surface area contributed by atoms with Gasteiger partial charge in [-0.3, -0.25) is 4.79 Å². The first-order chi connectivity index (χ1) is 13.4. The maximum atomic E-state index is 13.3. The van der Waals surface area contributed by atoms with E-state index in [4.69, 9.17) is 4.74 Å². The summed E-state index contributed by atoms with van der Waals surface area (Å²) < 4.78 is 46.2. The quantitative estimate of drug-likeness (QED) is 0.766. The predicted octanol–water partition coefficient (Wildman–Crippen LogP) is 3.19. The van der Waals surface area contributed by atoms with Gasteiger partial charge >= 0.3 is 0 Å². The number of rotatable bonds is 7. The van der Waals surface area contributed by atoms with E-state index in [0.717, 1.165) is 12.8 Å². The van der Waals surface area contributed by atoms with Crippen molar-refractivity contribution in [3.05, 3.63) is 53.8 Å². The van der Waals surface area contributed by atoms with E-state index >= 15 is 0 Å². The molecule has 1 fully saturated rings. The van der Waals surface area contributed by atoms with Crippen molar-refractivity contribution in [3.63, 3.8) is 0 Å². The Hall–Kier alpha value is -2.45. The number of hydrogen-bond acceptors (Lipinski definition) is 4. The highest BCUT2D eigenvalue weighted by Gasteiger charge is 2.30. The zero-order chi connectivity index (χ0) is 20.1. The summed E-state index contributed by atoms with van der Waals surface area (Å²) in [4.78, 5) is 12.3. The van der Waals surface area contributed by atoms with Gasteiger partial charge < -0.3 is 10.1 Å². The molecule has 0 spiro atoms. The molecule has 0 radical (unpaired) electrons. The SMILES string of the molecule is CCOc1ccc(NC(=O)Cc2cccc(F)c2)cc1S(=O)(=O)N1CCCC1. The van der Waals surface area contributed by atoms with E-state index in [2.05, 4.69) is 5.32 Å². The number of halogens is 1. The van der Waals surface area contributed by atoms with Gasteiger partial charge in [0.2, 0.25) is 15.9 Å². The maximum Gasteiger partial charge on any atom is 0.246 e. The van der Waals surface area contributed by atoms with E-state index in [1.807, 2.05) is 0 Å². The summed E-state index contributed by atoms with van der Waals surface area (Å²) in [5, 5.41) is 2.68. The Morgan fingerprint density at radius 3 is 2.61 bits per heavy atom. The van der Waals surface area contributed by atoms with Crippen molar-refractivity contribution in [1.29, 1.82) is 0 Å². The second-order valence-corrected chi connectivity index (χ2v) is 8.47. The smallest absolute Gasteiger partial charge is 0.246 e. The lowest BCUT2D eigenvalue weighted by molar-refractivity contribution is -0.115. The van der Waals surface area contributed by atoms with Crippen LogP contribution in [0, 0.1) is 5.82 Å². The topological polar surface area (TPSA) is 75.7 Å². The summed E-state index contributed by atoms with van der Waals surface area (Å²) in [5.74, 6) is -0.512. The predicted molar refractivity (Wildman–Crippen MR) is 104 cm³/mol. The Balaban J connectivity index is 1.83. The number of carbonyl (C=O) groups excluding carboxylic acids is 1. The number of hydrogen-bond donors (Lipinski definition) is 1. The lowest BCUT2D eigenvalue weighted by atomic mass is 10.1. The van der Waals surface area contributed by atoms with Crippen molar-refractivity contribution in [2.45, 2.75) is 31.1 Å². The van der Waals surface area contributed by atoms with E-state index < -0.39 is 15.8 Å². The summed E-state index contributed by atoms with van der Waals surface area (Å²) in [5.41, 5.74) is 0.885. The molecule has 1 aliphatic rings. The van der Waals surface area contributed by atoms with Gasteiger partial charge in [0, 0.05) is 18.8 Å². The molecular weight excluding hydrogens is 383 g/mol. The van der Waals surface area contributed by atoms with Crippen LogP contribution in [0.4, 0.5) is 10.1 Å². The summed E-state index contributed by atoms with van der Waals surface area (Å²) in [7, 11) is -3.71. The largest absolute Gasteiger partial charge is 0.492 e. The van der Waals surface area contributed by atoms with Gasteiger partial charge in [-0.15, -0.1) is 0 Å². The molecule has 6 nitrogen and oxygen atoms in total. The lowest BCUT2D eigenvalue weighted by Crippen LogP contribution is -2.28. The van der Waals surface area contributed by atoms with Crippen LogP contribution in [0.3, 0.4) is 0 Å². The first-order valence-electron chi connectivity index (χ1n) is 9.21. The minimum absolute atomic E-state index is 0.0147. The van der Waals surface area contributed by atoms with E-state index in [9.17, 15) is 17.6 Å². The van der Waals surface area contributed by atoms with E-state index in [-0.39, 0.29) is 23.0 Å². The van der Waals surface area contributed by atoms with Crippen LogP contribution < -0.4 is 10.1 Å². The van der Waals surface area contributed by atoms with Gasteiger partial charge in [0.05, 0.1) is 13.0 Å². The molecule has 1 amide bonds. The fourth-order valence-corrected chi connectivity index (χ4v) is 4.84. The summed E-state index contributed by atoms with van der Waals surface area (Å²) in [6.07, 6.45) is 1.64. The first-order valence-corrected chi connectivity index (χ1v) is 10.7. The molecule has 1 heterocycles. The molecule has 0 aromatic heterocycles. The molecule has 8 heteroatoms. The molecule has 28 heavy (non-hydrogen) atoms. The van der Waals surface area contributed by atoms with Crippen LogP contribution in [0.5, 0.6) is 5.75 Å². The Bertz CT molecular complexity index is 956. The zero-order valence-electron chi connectivity index (χ0n) is 15.7. The van der Waals surface area contributed by atoms with Crippen LogP contribution in [-0.4, -0.2) is 38.3 Å². The van der Waals surface area contributed by atoms with Gasteiger partial charge in [-0.1, -0.05) is 12.1 Å². The van der Waals surface area contributed by atoms with E-state index in [1.165, 1.54) is 28.6 Å². The van der Waals surface area contributed by atoms with Crippen molar-refractivity contribution < 1.29 is 22.3 Å². The highest BCUT2D eigenvalue weighted by molar-refractivity contribution is 7.89. The van der Waals surface area contributed by atoms with Gasteiger partial charge in [0.25, 0.3) is 0 Å². The molecule has 1 saturated heterocycles. The highest BCUT2D eigenvalue weighted by atomic mass is 32.2. The van der Waals surface area contributed by atoms with Gasteiger partial charge in [-0.2, -0.15) is 4.31 Å². The number of nitrogens with zero attached hydrogens (tertiary/aromatic N) is 1. The first kappa shape index (κ1) is 20.3. The lowest BCUT2D eigenvalue weighted by Gasteiger charge is -2.19. The zero-order valence-corrected chi connectivity index (χ0v) is 16.5. The third kappa shape index (κ3) is 4.69. The molecule has 2 aromatic rings. The van der Waals surface area contributed by atoms with Crippen molar-refractivity contribution in [2.24, 2.45) is 0 Å². The Labute approximate surface area is 164 Å². The molecule has 1 aliphatic heterocycles. The van der Waals surface area contributed by atoms with Crippen LogP contribution in [0.15, 0.2) is 47.4 Å². The monoisotopic (exact) mass is 406 g/mol. The molecule has 0 bridgehead atoms.